The van der Waals surface area contributed by atoms with Crippen molar-refractivity contribution in [3.05, 3.63) is 12.2 Å². The SMILES string of the molecule is CCc1nncn1COCC[Si](C)(C)C. The molecule has 0 unspecified atom stereocenters. The van der Waals surface area contributed by atoms with Gasteiger partial charge in [-0.1, -0.05) is 26.6 Å². The third-order valence-electron chi connectivity index (χ3n) is 2.24. The van der Waals surface area contributed by atoms with E-state index in [1.807, 2.05) is 4.57 Å². The predicted molar refractivity (Wildman–Crippen MR) is 63.5 cm³/mol. The highest BCUT2D eigenvalue weighted by atomic mass is 28.3. The molecule has 0 aliphatic rings. The Morgan fingerprint density at radius 3 is 2.73 bits per heavy atom. The third kappa shape index (κ3) is 4.57. The summed E-state index contributed by atoms with van der Waals surface area (Å²) in [6, 6.07) is 1.20. The van der Waals surface area contributed by atoms with Crippen molar-refractivity contribution in [1.82, 2.24) is 14.8 Å². The normalized spacial score (nSPS) is 12.0. The van der Waals surface area contributed by atoms with E-state index in [1.54, 1.807) is 6.33 Å². The molecular weight excluding hydrogens is 206 g/mol. The van der Waals surface area contributed by atoms with Crippen molar-refractivity contribution in [2.45, 2.75) is 45.8 Å². The smallest absolute Gasteiger partial charge is 0.134 e. The molecule has 1 aromatic rings. The maximum absolute atomic E-state index is 5.61. The average molecular weight is 227 g/mol. The molecule has 4 nitrogen and oxygen atoms in total. The molecule has 0 fully saturated rings. The van der Waals surface area contributed by atoms with Crippen LogP contribution in [-0.2, 0) is 17.9 Å². The topological polar surface area (TPSA) is 39.9 Å². The largest absolute Gasteiger partial charge is 0.361 e. The van der Waals surface area contributed by atoms with E-state index in [4.69, 9.17) is 4.74 Å². The first kappa shape index (κ1) is 12.4. The van der Waals surface area contributed by atoms with Gasteiger partial charge in [-0.05, 0) is 6.04 Å². The molecule has 0 atom stereocenters. The first-order valence-electron chi connectivity index (χ1n) is 5.47. The lowest BCUT2D eigenvalue weighted by molar-refractivity contribution is 0.0850. The maximum atomic E-state index is 5.61. The van der Waals surface area contributed by atoms with Crippen molar-refractivity contribution in [1.29, 1.82) is 0 Å². The molecule has 0 spiro atoms. The molecule has 1 heterocycles. The van der Waals surface area contributed by atoms with Crippen molar-refractivity contribution in [2.24, 2.45) is 0 Å². The van der Waals surface area contributed by atoms with Crippen molar-refractivity contribution >= 4 is 8.07 Å². The Balaban J connectivity index is 2.26. The van der Waals surface area contributed by atoms with Crippen LogP contribution < -0.4 is 0 Å². The minimum absolute atomic E-state index is 0.584. The molecule has 5 heteroatoms. The summed E-state index contributed by atoms with van der Waals surface area (Å²) in [6.45, 7) is 10.6. The van der Waals surface area contributed by atoms with E-state index in [0.717, 1.165) is 18.9 Å². The summed E-state index contributed by atoms with van der Waals surface area (Å²) >= 11 is 0. The number of aromatic nitrogens is 3. The van der Waals surface area contributed by atoms with E-state index < -0.39 is 8.07 Å². The molecule has 0 aliphatic carbocycles. The molecule has 0 radical (unpaired) electrons. The molecule has 0 N–H and O–H groups in total. The first-order chi connectivity index (χ1) is 7.03. The van der Waals surface area contributed by atoms with Crippen LogP contribution in [0.4, 0.5) is 0 Å². The molecular formula is C10H21N3OSi. The van der Waals surface area contributed by atoms with Gasteiger partial charge < -0.3 is 4.74 Å². The van der Waals surface area contributed by atoms with Crippen LogP contribution in [0.15, 0.2) is 6.33 Å². The van der Waals surface area contributed by atoms with Crippen LogP contribution in [0.2, 0.25) is 25.7 Å². The Morgan fingerprint density at radius 2 is 2.13 bits per heavy atom. The van der Waals surface area contributed by atoms with Gasteiger partial charge in [-0.25, -0.2) is 0 Å². The second kappa shape index (κ2) is 5.41. The summed E-state index contributed by atoms with van der Waals surface area (Å²) in [5.74, 6) is 0.989. The Kier molecular flexibility index (Phi) is 4.47. The van der Waals surface area contributed by atoms with Crippen LogP contribution in [-0.4, -0.2) is 29.4 Å². The van der Waals surface area contributed by atoms with E-state index in [-0.39, 0.29) is 0 Å². The Morgan fingerprint density at radius 1 is 1.40 bits per heavy atom. The summed E-state index contributed by atoms with van der Waals surface area (Å²) in [4.78, 5) is 0. The fourth-order valence-electron chi connectivity index (χ4n) is 1.20. The first-order valence-corrected chi connectivity index (χ1v) is 9.18. The molecule has 15 heavy (non-hydrogen) atoms. The number of aryl methyl sites for hydroxylation is 1. The van der Waals surface area contributed by atoms with Crippen molar-refractivity contribution in [3.8, 4) is 0 Å². The molecule has 0 saturated heterocycles. The van der Waals surface area contributed by atoms with E-state index >= 15 is 0 Å². The van der Waals surface area contributed by atoms with Gasteiger partial charge in [0.1, 0.15) is 18.9 Å². The Labute approximate surface area is 92.7 Å². The van der Waals surface area contributed by atoms with Gasteiger partial charge in [0, 0.05) is 21.1 Å². The van der Waals surface area contributed by atoms with Gasteiger partial charge in [0.05, 0.1) is 0 Å². The van der Waals surface area contributed by atoms with Gasteiger partial charge in [0.2, 0.25) is 0 Å². The van der Waals surface area contributed by atoms with Crippen molar-refractivity contribution < 1.29 is 4.74 Å². The number of hydrogen-bond donors (Lipinski definition) is 0. The minimum atomic E-state index is -0.967. The molecule has 0 amide bonds. The lowest BCUT2D eigenvalue weighted by Gasteiger charge is -2.15. The zero-order valence-corrected chi connectivity index (χ0v) is 11.2. The molecule has 0 aromatic carbocycles. The summed E-state index contributed by atoms with van der Waals surface area (Å²) < 4.78 is 7.58. The second-order valence-corrected chi connectivity index (χ2v) is 10.5. The van der Waals surface area contributed by atoms with E-state index in [9.17, 15) is 0 Å². The highest BCUT2D eigenvalue weighted by Crippen LogP contribution is 2.08. The van der Waals surface area contributed by atoms with Crippen molar-refractivity contribution in [3.63, 3.8) is 0 Å². The molecule has 1 rings (SSSR count). The van der Waals surface area contributed by atoms with Crippen LogP contribution >= 0.6 is 0 Å². The summed E-state index contributed by atoms with van der Waals surface area (Å²) in [6.07, 6.45) is 2.63. The number of ether oxygens (including phenoxy) is 1. The number of hydrogen-bond acceptors (Lipinski definition) is 3. The van der Waals surface area contributed by atoms with Gasteiger partial charge in [-0.2, -0.15) is 0 Å². The zero-order valence-electron chi connectivity index (χ0n) is 10.2. The van der Waals surface area contributed by atoms with E-state index in [1.165, 1.54) is 6.04 Å². The second-order valence-electron chi connectivity index (χ2n) is 4.92. The van der Waals surface area contributed by atoms with Gasteiger partial charge in [-0.3, -0.25) is 4.57 Å². The maximum Gasteiger partial charge on any atom is 0.134 e. The summed E-state index contributed by atoms with van der Waals surface area (Å²) in [7, 11) is -0.967. The van der Waals surface area contributed by atoms with Crippen LogP contribution in [0.25, 0.3) is 0 Å². The Hall–Kier alpha value is -0.683. The fourth-order valence-corrected chi connectivity index (χ4v) is 1.96. The van der Waals surface area contributed by atoms with Crippen LogP contribution in [0, 0.1) is 0 Å². The Bertz CT molecular complexity index is 293. The quantitative estimate of drug-likeness (QED) is 0.552. The third-order valence-corrected chi connectivity index (χ3v) is 3.94. The van der Waals surface area contributed by atoms with Gasteiger partial charge in [-0.15, -0.1) is 10.2 Å². The lowest BCUT2D eigenvalue weighted by Crippen LogP contribution is -2.22. The summed E-state index contributed by atoms with van der Waals surface area (Å²) in [5.41, 5.74) is 0. The molecule has 0 bridgehead atoms. The lowest BCUT2D eigenvalue weighted by atomic mass is 10.5. The molecule has 1 aromatic heterocycles. The van der Waals surface area contributed by atoms with Crippen LogP contribution in [0.3, 0.4) is 0 Å². The highest BCUT2D eigenvalue weighted by Gasteiger charge is 2.12. The molecule has 0 aliphatic heterocycles. The predicted octanol–water partition coefficient (Wildman–Crippen LogP) is 2.15. The fraction of sp³-hybridized carbons (Fsp3) is 0.800. The zero-order chi connectivity index (χ0) is 11.3. The van der Waals surface area contributed by atoms with E-state index in [2.05, 4.69) is 36.8 Å². The number of rotatable bonds is 6. The summed E-state index contributed by atoms with van der Waals surface area (Å²) in [5, 5.41) is 7.87. The van der Waals surface area contributed by atoms with Crippen molar-refractivity contribution in [2.75, 3.05) is 6.61 Å². The van der Waals surface area contributed by atoms with Gasteiger partial charge in [0.15, 0.2) is 0 Å². The standard InChI is InChI=1S/C10H21N3OSi/c1-5-10-12-11-8-13(10)9-14-6-7-15(2,3)4/h8H,5-7,9H2,1-4H3. The average Bonchev–Trinajstić information content (AvgIpc) is 2.58. The van der Waals surface area contributed by atoms with E-state index in [0.29, 0.717) is 6.73 Å². The number of nitrogens with zero attached hydrogens (tertiary/aromatic N) is 3. The van der Waals surface area contributed by atoms with Gasteiger partial charge in [0.25, 0.3) is 0 Å². The van der Waals surface area contributed by atoms with Gasteiger partial charge >= 0.3 is 0 Å². The highest BCUT2D eigenvalue weighted by molar-refractivity contribution is 6.76. The monoisotopic (exact) mass is 227 g/mol. The molecule has 0 saturated carbocycles. The molecule has 86 valence electrons. The van der Waals surface area contributed by atoms with Crippen LogP contribution in [0.5, 0.6) is 0 Å². The van der Waals surface area contributed by atoms with Crippen LogP contribution in [0.1, 0.15) is 12.7 Å². The minimum Gasteiger partial charge on any atom is -0.361 e.